The fourth-order valence-corrected chi connectivity index (χ4v) is 2.50. The normalized spacial score (nSPS) is 12.2. The molecule has 0 amide bonds. The predicted octanol–water partition coefficient (Wildman–Crippen LogP) is 4.76. The van der Waals surface area contributed by atoms with Crippen molar-refractivity contribution in [3.05, 3.63) is 70.2 Å². The molecular weight excluding hydrogens is 256 g/mol. The molecular formula is C17H17ClO. The van der Waals surface area contributed by atoms with Crippen molar-refractivity contribution in [1.82, 2.24) is 0 Å². The van der Waals surface area contributed by atoms with Gasteiger partial charge in [0.25, 0.3) is 0 Å². The van der Waals surface area contributed by atoms with Crippen molar-refractivity contribution in [3.8, 4) is 0 Å². The van der Waals surface area contributed by atoms with Crippen LogP contribution in [-0.4, -0.2) is 5.78 Å². The standard InChI is InChI=1S/C17H17ClO/c1-3-16(19)17(13-7-4-6-12(2)10-13)14-8-5-9-15(18)11-14/h4-11,17H,3H2,1-2H3. The lowest BCUT2D eigenvalue weighted by molar-refractivity contribution is -0.119. The van der Waals surface area contributed by atoms with Crippen molar-refractivity contribution >= 4 is 17.4 Å². The average molecular weight is 273 g/mol. The van der Waals surface area contributed by atoms with Crippen LogP contribution in [0.1, 0.15) is 36.0 Å². The molecule has 19 heavy (non-hydrogen) atoms. The lowest BCUT2D eigenvalue weighted by Gasteiger charge is -2.17. The second kappa shape index (κ2) is 6.03. The molecule has 2 heteroatoms. The first-order valence-electron chi connectivity index (χ1n) is 6.46. The number of rotatable bonds is 4. The Kier molecular flexibility index (Phi) is 4.39. The summed E-state index contributed by atoms with van der Waals surface area (Å²) < 4.78 is 0. The molecule has 1 atom stereocenters. The molecule has 98 valence electrons. The topological polar surface area (TPSA) is 17.1 Å². The molecule has 0 spiro atoms. The molecule has 0 aliphatic rings. The third-order valence-corrected chi connectivity index (χ3v) is 3.46. The molecule has 0 aliphatic heterocycles. The Labute approximate surface area is 119 Å². The van der Waals surface area contributed by atoms with Crippen LogP contribution in [0.15, 0.2) is 48.5 Å². The Morgan fingerprint density at radius 3 is 2.32 bits per heavy atom. The molecule has 0 N–H and O–H groups in total. The van der Waals surface area contributed by atoms with Crippen molar-refractivity contribution in [1.29, 1.82) is 0 Å². The summed E-state index contributed by atoms with van der Waals surface area (Å²) in [5.41, 5.74) is 3.16. The lowest BCUT2D eigenvalue weighted by atomic mass is 9.86. The van der Waals surface area contributed by atoms with Gasteiger partial charge in [0, 0.05) is 11.4 Å². The molecule has 0 aromatic heterocycles. The van der Waals surface area contributed by atoms with Crippen molar-refractivity contribution < 1.29 is 4.79 Å². The maximum Gasteiger partial charge on any atom is 0.144 e. The number of carbonyl (C=O) groups is 1. The van der Waals surface area contributed by atoms with Crippen LogP contribution in [0, 0.1) is 6.92 Å². The number of halogens is 1. The first-order chi connectivity index (χ1) is 9.11. The van der Waals surface area contributed by atoms with Crippen molar-refractivity contribution in [2.75, 3.05) is 0 Å². The molecule has 0 aliphatic carbocycles. The maximum absolute atomic E-state index is 12.3. The second-order valence-corrected chi connectivity index (χ2v) is 5.16. The third kappa shape index (κ3) is 3.24. The van der Waals surface area contributed by atoms with E-state index in [4.69, 9.17) is 11.6 Å². The zero-order valence-corrected chi connectivity index (χ0v) is 11.9. The van der Waals surface area contributed by atoms with Gasteiger partial charge in [-0.2, -0.15) is 0 Å². The number of aryl methyl sites for hydroxylation is 1. The van der Waals surface area contributed by atoms with Gasteiger partial charge in [-0.15, -0.1) is 0 Å². The van der Waals surface area contributed by atoms with E-state index in [-0.39, 0.29) is 11.7 Å². The summed E-state index contributed by atoms with van der Waals surface area (Å²) in [7, 11) is 0. The first kappa shape index (κ1) is 13.8. The van der Waals surface area contributed by atoms with Crippen LogP contribution in [0.4, 0.5) is 0 Å². The highest BCUT2D eigenvalue weighted by Crippen LogP contribution is 2.29. The lowest BCUT2D eigenvalue weighted by Crippen LogP contribution is -2.13. The molecule has 2 aromatic rings. The molecule has 0 bridgehead atoms. The summed E-state index contributed by atoms with van der Waals surface area (Å²) in [6.07, 6.45) is 0.519. The third-order valence-electron chi connectivity index (χ3n) is 3.23. The highest BCUT2D eigenvalue weighted by molar-refractivity contribution is 6.30. The summed E-state index contributed by atoms with van der Waals surface area (Å²) >= 11 is 6.04. The molecule has 2 rings (SSSR count). The van der Waals surface area contributed by atoms with Gasteiger partial charge in [0.1, 0.15) is 5.78 Å². The largest absolute Gasteiger partial charge is 0.299 e. The maximum atomic E-state index is 12.3. The van der Waals surface area contributed by atoms with E-state index in [2.05, 4.69) is 6.07 Å². The smallest absolute Gasteiger partial charge is 0.144 e. The van der Waals surface area contributed by atoms with Crippen LogP contribution in [0.2, 0.25) is 5.02 Å². The number of benzene rings is 2. The van der Waals surface area contributed by atoms with E-state index < -0.39 is 0 Å². The van der Waals surface area contributed by atoms with E-state index in [1.807, 2.05) is 56.3 Å². The molecule has 0 radical (unpaired) electrons. The Morgan fingerprint density at radius 1 is 1.11 bits per heavy atom. The summed E-state index contributed by atoms with van der Waals surface area (Å²) in [6.45, 7) is 3.94. The van der Waals surface area contributed by atoms with Gasteiger partial charge < -0.3 is 0 Å². The number of carbonyl (C=O) groups excluding carboxylic acids is 1. The van der Waals surface area contributed by atoms with Crippen LogP contribution >= 0.6 is 11.6 Å². The number of ketones is 1. The fourth-order valence-electron chi connectivity index (χ4n) is 2.30. The van der Waals surface area contributed by atoms with Crippen LogP contribution in [0.25, 0.3) is 0 Å². The van der Waals surface area contributed by atoms with Crippen molar-refractivity contribution in [3.63, 3.8) is 0 Å². The summed E-state index contributed by atoms with van der Waals surface area (Å²) in [5, 5.41) is 0.666. The van der Waals surface area contributed by atoms with E-state index in [0.29, 0.717) is 11.4 Å². The minimum Gasteiger partial charge on any atom is -0.299 e. The zero-order chi connectivity index (χ0) is 13.8. The van der Waals surface area contributed by atoms with Crippen LogP contribution < -0.4 is 0 Å². The SMILES string of the molecule is CCC(=O)C(c1cccc(C)c1)c1cccc(Cl)c1. The zero-order valence-electron chi connectivity index (χ0n) is 11.2. The summed E-state index contributed by atoms with van der Waals surface area (Å²) in [5.74, 6) is -0.00327. The van der Waals surface area contributed by atoms with E-state index in [1.165, 1.54) is 0 Å². The van der Waals surface area contributed by atoms with Gasteiger partial charge in [0.2, 0.25) is 0 Å². The highest BCUT2D eigenvalue weighted by atomic mass is 35.5. The number of Topliss-reactive ketones (excluding diaryl/α,β-unsaturated/α-hetero) is 1. The van der Waals surface area contributed by atoms with Crippen molar-refractivity contribution in [2.24, 2.45) is 0 Å². The first-order valence-corrected chi connectivity index (χ1v) is 6.84. The van der Waals surface area contributed by atoms with E-state index in [1.54, 1.807) is 0 Å². The second-order valence-electron chi connectivity index (χ2n) is 4.72. The fraction of sp³-hybridized carbons (Fsp3) is 0.235. The van der Waals surface area contributed by atoms with Gasteiger partial charge in [-0.1, -0.05) is 60.5 Å². The van der Waals surface area contributed by atoms with Gasteiger partial charge in [0.05, 0.1) is 5.92 Å². The summed E-state index contributed by atoms with van der Waals surface area (Å²) in [6, 6.07) is 15.7. The van der Waals surface area contributed by atoms with Gasteiger partial charge in [-0.3, -0.25) is 4.79 Å². The molecule has 2 aromatic carbocycles. The monoisotopic (exact) mass is 272 g/mol. The van der Waals surface area contributed by atoms with Gasteiger partial charge in [0.15, 0.2) is 0 Å². The molecule has 0 fully saturated rings. The van der Waals surface area contributed by atoms with Crippen LogP contribution in [-0.2, 0) is 4.79 Å². The minimum absolute atomic E-state index is 0.216. The van der Waals surface area contributed by atoms with Gasteiger partial charge in [-0.05, 0) is 30.2 Å². The quantitative estimate of drug-likeness (QED) is 0.784. The predicted molar refractivity (Wildman–Crippen MR) is 79.8 cm³/mol. The Hall–Kier alpha value is -1.60. The van der Waals surface area contributed by atoms with Crippen LogP contribution in [0.3, 0.4) is 0 Å². The number of hydrogen-bond donors (Lipinski definition) is 0. The van der Waals surface area contributed by atoms with Crippen LogP contribution in [0.5, 0.6) is 0 Å². The molecule has 0 saturated heterocycles. The Balaban J connectivity index is 2.50. The molecule has 1 unspecified atom stereocenters. The van der Waals surface area contributed by atoms with E-state index >= 15 is 0 Å². The average Bonchev–Trinajstić information content (AvgIpc) is 2.39. The minimum atomic E-state index is -0.219. The van der Waals surface area contributed by atoms with Crippen molar-refractivity contribution in [2.45, 2.75) is 26.2 Å². The summed E-state index contributed by atoms with van der Waals surface area (Å²) in [4.78, 5) is 12.3. The molecule has 0 saturated carbocycles. The van der Waals surface area contributed by atoms with Gasteiger partial charge in [-0.25, -0.2) is 0 Å². The highest BCUT2D eigenvalue weighted by Gasteiger charge is 2.21. The number of hydrogen-bond acceptors (Lipinski definition) is 1. The Bertz CT molecular complexity index is 544. The Morgan fingerprint density at radius 2 is 1.74 bits per heavy atom. The molecule has 0 heterocycles. The van der Waals surface area contributed by atoms with E-state index in [0.717, 1.165) is 16.7 Å². The van der Waals surface area contributed by atoms with E-state index in [9.17, 15) is 4.79 Å². The van der Waals surface area contributed by atoms with Gasteiger partial charge >= 0.3 is 0 Å². The molecule has 1 nitrogen and oxygen atoms in total.